The predicted molar refractivity (Wildman–Crippen MR) is 33.6 cm³/mol. The molecule has 1 atom stereocenters. The number of hydrogen-bond donors (Lipinski definition) is 2. The average Bonchev–Trinajstić information content (AvgIpc) is 1.79. The summed E-state index contributed by atoms with van der Waals surface area (Å²) in [5.74, 6) is -0.938. The Balaban J connectivity index is 3.06. The zero-order chi connectivity index (χ0) is 7.98. The van der Waals surface area contributed by atoms with Crippen LogP contribution in [-0.4, -0.2) is 26.4 Å². The quantitative estimate of drug-likeness (QED) is 0.446. The van der Waals surface area contributed by atoms with Gasteiger partial charge in [0.15, 0.2) is 0 Å². The monoisotopic (exact) mass is 168 g/mol. The molecule has 0 aromatic carbocycles. The van der Waals surface area contributed by atoms with Gasteiger partial charge in [0.1, 0.15) is 0 Å². The Hall–Kier alpha value is -0.460. The molecule has 0 aliphatic carbocycles. The Bertz CT molecular complexity index is 118. The molecule has 0 aliphatic rings. The summed E-state index contributed by atoms with van der Waals surface area (Å²) in [7, 11) is 0. The largest absolute Gasteiger partial charge is 0.481 e. The zero-order valence-corrected chi connectivity index (χ0v) is 5.97. The Morgan fingerprint density at radius 3 is 2.60 bits per heavy atom. The minimum Gasteiger partial charge on any atom is -0.481 e. The van der Waals surface area contributed by atoms with Gasteiger partial charge in [-0.25, -0.2) is 0 Å². The van der Waals surface area contributed by atoms with Gasteiger partial charge in [-0.2, -0.15) is 4.21 Å². The third kappa shape index (κ3) is 7.54. The van der Waals surface area contributed by atoms with Gasteiger partial charge in [0, 0.05) is 6.42 Å². The van der Waals surface area contributed by atoms with E-state index in [1.54, 1.807) is 0 Å². The first kappa shape index (κ1) is 9.54. The third-order valence-corrected chi connectivity index (χ3v) is 1.09. The highest BCUT2D eigenvalue weighted by Crippen LogP contribution is 1.90. The summed E-state index contributed by atoms with van der Waals surface area (Å²) in [6.45, 7) is -0.00455. The Labute approximate surface area is 60.5 Å². The van der Waals surface area contributed by atoms with Crippen molar-refractivity contribution in [1.82, 2.24) is 0 Å². The number of aliphatic carboxylic acids is 1. The number of hydrogen-bond acceptors (Lipinski definition) is 3. The van der Waals surface area contributed by atoms with Crippen LogP contribution in [0.15, 0.2) is 0 Å². The van der Waals surface area contributed by atoms with Crippen molar-refractivity contribution in [3.05, 3.63) is 0 Å². The second-order valence-corrected chi connectivity index (χ2v) is 2.21. The van der Waals surface area contributed by atoms with Crippen LogP contribution in [0, 0.1) is 0 Å². The molecule has 0 rings (SSSR count). The van der Waals surface area contributed by atoms with E-state index in [-0.39, 0.29) is 19.4 Å². The van der Waals surface area contributed by atoms with Gasteiger partial charge >= 0.3 is 17.3 Å². The highest BCUT2D eigenvalue weighted by atomic mass is 32.2. The lowest BCUT2D eigenvalue weighted by atomic mass is 10.3. The fourth-order valence-corrected chi connectivity index (χ4v) is 0.614. The van der Waals surface area contributed by atoms with E-state index in [9.17, 15) is 9.00 Å². The van der Waals surface area contributed by atoms with Gasteiger partial charge < -0.3 is 5.11 Å². The first-order valence-electron chi connectivity index (χ1n) is 2.59. The fourth-order valence-electron chi connectivity index (χ4n) is 0.354. The van der Waals surface area contributed by atoms with E-state index in [1.807, 2.05) is 0 Å². The zero-order valence-electron chi connectivity index (χ0n) is 5.15. The molecule has 2 N–H and O–H groups in total. The molecule has 6 heteroatoms. The average molecular weight is 168 g/mol. The van der Waals surface area contributed by atoms with Gasteiger partial charge in [0.05, 0.1) is 6.61 Å². The summed E-state index contributed by atoms with van der Waals surface area (Å²) in [4.78, 5) is 9.85. The van der Waals surface area contributed by atoms with Crippen LogP contribution in [0.2, 0.25) is 0 Å². The van der Waals surface area contributed by atoms with Gasteiger partial charge in [-0.05, 0) is 6.42 Å². The first-order valence-corrected chi connectivity index (χ1v) is 3.62. The molecule has 0 aliphatic heterocycles. The molecule has 0 bridgehead atoms. The van der Waals surface area contributed by atoms with Crippen LogP contribution in [0.3, 0.4) is 0 Å². The Morgan fingerprint density at radius 2 is 2.20 bits per heavy atom. The van der Waals surface area contributed by atoms with E-state index in [4.69, 9.17) is 9.66 Å². The summed E-state index contributed by atoms with van der Waals surface area (Å²) in [6, 6.07) is 0. The van der Waals surface area contributed by atoms with Crippen LogP contribution in [-0.2, 0) is 20.3 Å². The molecule has 60 valence electrons. The normalized spacial score (nSPS) is 12.9. The number of rotatable bonds is 5. The van der Waals surface area contributed by atoms with Gasteiger partial charge in [-0.1, -0.05) is 0 Å². The van der Waals surface area contributed by atoms with Crippen molar-refractivity contribution in [1.29, 1.82) is 0 Å². The maximum absolute atomic E-state index is 9.85. The van der Waals surface area contributed by atoms with Crippen LogP contribution in [0.25, 0.3) is 0 Å². The first-order chi connectivity index (χ1) is 4.63. The lowest BCUT2D eigenvalue weighted by molar-refractivity contribution is -0.137. The van der Waals surface area contributed by atoms with Crippen LogP contribution in [0.5, 0.6) is 0 Å². The van der Waals surface area contributed by atoms with Crippen molar-refractivity contribution in [3.8, 4) is 0 Å². The molecule has 0 saturated heterocycles. The lowest BCUT2D eigenvalue weighted by Gasteiger charge is -1.94. The molecule has 0 spiro atoms. The second kappa shape index (κ2) is 5.33. The van der Waals surface area contributed by atoms with Crippen molar-refractivity contribution < 1.29 is 22.8 Å². The van der Waals surface area contributed by atoms with Crippen molar-refractivity contribution in [2.75, 3.05) is 6.61 Å². The maximum Gasteiger partial charge on any atom is 0.303 e. The van der Waals surface area contributed by atoms with Crippen molar-refractivity contribution in [3.63, 3.8) is 0 Å². The molecule has 0 aromatic heterocycles. The number of carbonyl (C=O) groups is 1. The molecular formula is C4H8O5S. The van der Waals surface area contributed by atoms with Gasteiger partial charge in [-0.15, -0.1) is 0 Å². The summed E-state index contributed by atoms with van der Waals surface area (Å²) in [5, 5.41) is 8.08. The summed E-state index contributed by atoms with van der Waals surface area (Å²) < 4.78 is 22.0. The lowest BCUT2D eigenvalue weighted by Crippen LogP contribution is -2.01. The fraction of sp³-hybridized carbons (Fsp3) is 0.750. The van der Waals surface area contributed by atoms with E-state index in [0.717, 1.165) is 0 Å². The van der Waals surface area contributed by atoms with E-state index in [1.165, 1.54) is 0 Å². The van der Waals surface area contributed by atoms with Crippen molar-refractivity contribution in [2.24, 2.45) is 0 Å². The highest BCUT2D eigenvalue weighted by molar-refractivity contribution is 7.74. The molecule has 1 unspecified atom stereocenters. The van der Waals surface area contributed by atoms with Crippen LogP contribution >= 0.6 is 0 Å². The van der Waals surface area contributed by atoms with Gasteiger partial charge in [0.2, 0.25) is 0 Å². The molecular weight excluding hydrogens is 160 g/mol. The molecule has 0 aromatic rings. The number of carboxylic acids is 1. The smallest absolute Gasteiger partial charge is 0.303 e. The van der Waals surface area contributed by atoms with E-state index < -0.39 is 17.3 Å². The second-order valence-electron chi connectivity index (χ2n) is 1.54. The number of carboxylic acid groups (broad SMARTS) is 1. The van der Waals surface area contributed by atoms with Gasteiger partial charge in [0.25, 0.3) is 0 Å². The van der Waals surface area contributed by atoms with Crippen LogP contribution in [0.1, 0.15) is 12.8 Å². The standard InChI is InChI=1S/C4H8O5S/c5-4(6)2-1-3-9-10(7)8/h1-3H2,(H,5,6)(H,7,8). The molecule has 5 nitrogen and oxygen atoms in total. The maximum atomic E-state index is 9.85. The Kier molecular flexibility index (Phi) is 5.09. The minimum atomic E-state index is -2.27. The topological polar surface area (TPSA) is 83.8 Å². The van der Waals surface area contributed by atoms with Crippen molar-refractivity contribution in [2.45, 2.75) is 12.8 Å². The summed E-state index contributed by atoms with van der Waals surface area (Å²) in [5.41, 5.74) is 0. The predicted octanol–water partition coefficient (Wildman–Crippen LogP) is 0.00450. The summed E-state index contributed by atoms with van der Waals surface area (Å²) in [6.07, 6.45) is 0.207. The van der Waals surface area contributed by atoms with E-state index in [0.29, 0.717) is 0 Å². The summed E-state index contributed by atoms with van der Waals surface area (Å²) >= 11 is -2.27. The molecule has 0 radical (unpaired) electrons. The molecule has 0 saturated carbocycles. The SMILES string of the molecule is O=C(O)CCCOS(=O)O. The Morgan fingerprint density at radius 1 is 1.60 bits per heavy atom. The van der Waals surface area contributed by atoms with Crippen LogP contribution in [0.4, 0.5) is 0 Å². The van der Waals surface area contributed by atoms with Crippen molar-refractivity contribution >= 4 is 17.3 Å². The molecule has 0 amide bonds. The molecule has 0 heterocycles. The minimum absolute atomic E-state index is 0.00455. The molecule has 10 heavy (non-hydrogen) atoms. The van der Waals surface area contributed by atoms with Gasteiger partial charge in [-0.3, -0.25) is 13.5 Å². The third-order valence-electron chi connectivity index (χ3n) is 0.719. The van der Waals surface area contributed by atoms with E-state index >= 15 is 0 Å². The molecule has 0 fully saturated rings. The highest BCUT2D eigenvalue weighted by Gasteiger charge is 1.97. The van der Waals surface area contributed by atoms with E-state index in [2.05, 4.69) is 4.18 Å². The van der Waals surface area contributed by atoms with Crippen LogP contribution < -0.4 is 0 Å².